The highest BCUT2D eigenvalue weighted by molar-refractivity contribution is 5.85. The molecule has 1 saturated carbocycles. The highest BCUT2D eigenvalue weighted by Gasteiger charge is 2.25. The third kappa shape index (κ3) is 5.91. The SMILES string of the molecule is CC(C)C[C@H](NC(=O)OC1CCCC1)C(=O)NCC#N. The van der Waals surface area contributed by atoms with Gasteiger partial charge < -0.3 is 15.4 Å². The van der Waals surface area contributed by atoms with Crippen molar-refractivity contribution in [3.63, 3.8) is 0 Å². The van der Waals surface area contributed by atoms with Crippen LogP contribution in [0.15, 0.2) is 0 Å². The molecule has 1 rings (SSSR count). The van der Waals surface area contributed by atoms with Crippen molar-refractivity contribution in [2.75, 3.05) is 6.54 Å². The van der Waals surface area contributed by atoms with Crippen molar-refractivity contribution in [1.29, 1.82) is 5.26 Å². The maximum atomic E-state index is 11.9. The monoisotopic (exact) mass is 281 g/mol. The standard InChI is InChI=1S/C14H23N3O3/c1-10(2)9-12(13(18)16-8-7-15)17-14(19)20-11-5-3-4-6-11/h10-12H,3-6,8-9H2,1-2H3,(H,16,18)(H,17,19)/t12-/m0/s1. The summed E-state index contributed by atoms with van der Waals surface area (Å²) < 4.78 is 5.28. The lowest BCUT2D eigenvalue weighted by molar-refractivity contribution is -0.123. The Bertz CT molecular complexity index is 370. The number of carbonyl (C=O) groups excluding carboxylic acids is 2. The second kappa shape index (κ2) is 8.41. The van der Waals surface area contributed by atoms with E-state index in [1.165, 1.54) is 0 Å². The zero-order chi connectivity index (χ0) is 15.0. The first-order chi connectivity index (χ1) is 9.52. The van der Waals surface area contributed by atoms with Crippen molar-refractivity contribution < 1.29 is 14.3 Å². The maximum Gasteiger partial charge on any atom is 0.408 e. The van der Waals surface area contributed by atoms with E-state index < -0.39 is 12.1 Å². The molecule has 0 saturated heterocycles. The van der Waals surface area contributed by atoms with Gasteiger partial charge in [0.05, 0.1) is 6.07 Å². The predicted octanol–water partition coefficient (Wildman–Crippen LogP) is 1.71. The summed E-state index contributed by atoms with van der Waals surface area (Å²) in [6.45, 7) is 3.87. The van der Waals surface area contributed by atoms with Gasteiger partial charge in [-0.15, -0.1) is 0 Å². The minimum atomic E-state index is -0.655. The van der Waals surface area contributed by atoms with Gasteiger partial charge in [-0.2, -0.15) is 5.26 Å². The molecule has 0 aromatic carbocycles. The molecular formula is C14H23N3O3. The van der Waals surface area contributed by atoms with Crippen molar-refractivity contribution in [2.24, 2.45) is 5.92 Å². The van der Waals surface area contributed by atoms with Crippen LogP contribution < -0.4 is 10.6 Å². The Morgan fingerprint density at radius 2 is 2.00 bits per heavy atom. The van der Waals surface area contributed by atoms with Gasteiger partial charge >= 0.3 is 6.09 Å². The Labute approximate surface area is 119 Å². The first-order valence-electron chi connectivity index (χ1n) is 7.14. The summed E-state index contributed by atoms with van der Waals surface area (Å²) in [5.41, 5.74) is 0. The van der Waals surface area contributed by atoms with E-state index in [4.69, 9.17) is 10.00 Å². The minimum Gasteiger partial charge on any atom is -0.446 e. The largest absolute Gasteiger partial charge is 0.446 e. The second-order valence-electron chi connectivity index (χ2n) is 5.51. The highest BCUT2D eigenvalue weighted by Crippen LogP contribution is 2.21. The molecule has 0 aromatic heterocycles. The van der Waals surface area contributed by atoms with Crippen LogP contribution in [-0.2, 0) is 9.53 Å². The second-order valence-corrected chi connectivity index (χ2v) is 5.51. The van der Waals surface area contributed by atoms with Crippen LogP contribution in [0.3, 0.4) is 0 Å². The van der Waals surface area contributed by atoms with E-state index in [2.05, 4.69) is 10.6 Å². The van der Waals surface area contributed by atoms with Gasteiger partial charge in [-0.05, 0) is 38.0 Å². The number of nitriles is 1. The van der Waals surface area contributed by atoms with Gasteiger partial charge in [0.15, 0.2) is 0 Å². The first-order valence-corrected chi connectivity index (χ1v) is 7.14. The highest BCUT2D eigenvalue weighted by atomic mass is 16.6. The van der Waals surface area contributed by atoms with Crippen molar-refractivity contribution >= 4 is 12.0 Å². The van der Waals surface area contributed by atoms with Crippen LogP contribution in [0.5, 0.6) is 0 Å². The molecule has 20 heavy (non-hydrogen) atoms. The number of ether oxygens (including phenoxy) is 1. The third-order valence-corrected chi connectivity index (χ3v) is 3.23. The lowest BCUT2D eigenvalue weighted by Crippen LogP contribution is -2.48. The molecule has 0 bridgehead atoms. The van der Waals surface area contributed by atoms with E-state index in [1.807, 2.05) is 19.9 Å². The summed E-state index contributed by atoms with van der Waals surface area (Å²) in [4.78, 5) is 23.7. The van der Waals surface area contributed by atoms with Gasteiger partial charge in [0.1, 0.15) is 18.7 Å². The number of carbonyl (C=O) groups is 2. The number of rotatable bonds is 6. The molecule has 1 aliphatic carbocycles. The van der Waals surface area contributed by atoms with Gasteiger partial charge in [0.25, 0.3) is 0 Å². The van der Waals surface area contributed by atoms with Crippen molar-refractivity contribution in [3.05, 3.63) is 0 Å². The molecule has 6 nitrogen and oxygen atoms in total. The number of nitrogens with zero attached hydrogens (tertiary/aromatic N) is 1. The van der Waals surface area contributed by atoms with Gasteiger partial charge in [-0.3, -0.25) is 4.79 Å². The Balaban J connectivity index is 2.47. The summed E-state index contributed by atoms with van der Waals surface area (Å²) in [5, 5.41) is 13.5. The van der Waals surface area contributed by atoms with Crippen LogP contribution in [0.2, 0.25) is 0 Å². The smallest absolute Gasteiger partial charge is 0.408 e. The van der Waals surface area contributed by atoms with E-state index >= 15 is 0 Å². The minimum absolute atomic E-state index is 0.0307. The number of alkyl carbamates (subject to hydrolysis) is 1. The average molecular weight is 281 g/mol. The molecule has 0 aliphatic heterocycles. The van der Waals surface area contributed by atoms with Crippen molar-refractivity contribution in [1.82, 2.24) is 10.6 Å². The third-order valence-electron chi connectivity index (χ3n) is 3.23. The summed E-state index contributed by atoms with van der Waals surface area (Å²) in [5.74, 6) is -0.0942. The quantitative estimate of drug-likeness (QED) is 0.725. The van der Waals surface area contributed by atoms with Crippen LogP contribution >= 0.6 is 0 Å². The van der Waals surface area contributed by atoms with Crippen LogP contribution in [0.4, 0.5) is 4.79 Å². The van der Waals surface area contributed by atoms with E-state index in [0.29, 0.717) is 6.42 Å². The van der Waals surface area contributed by atoms with Gasteiger partial charge in [0, 0.05) is 0 Å². The molecule has 1 fully saturated rings. The molecule has 0 heterocycles. The van der Waals surface area contributed by atoms with E-state index in [-0.39, 0.29) is 24.5 Å². The topological polar surface area (TPSA) is 91.2 Å². The molecule has 0 aromatic rings. The summed E-state index contributed by atoms with van der Waals surface area (Å²) in [6.07, 6.45) is 3.88. The van der Waals surface area contributed by atoms with Crippen LogP contribution in [0.25, 0.3) is 0 Å². The molecule has 1 aliphatic rings. The summed E-state index contributed by atoms with van der Waals surface area (Å²) >= 11 is 0. The van der Waals surface area contributed by atoms with E-state index in [1.54, 1.807) is 0 Å². The molecule has 0 unspecified atom stereocenters. The molecule has 6 heteroatoms. The normalized spacial score (nSPS) is 16.5. The summed E-state index contributed by atoms with van der Waals surface area (Å²) in [7, 11) is 0. The van der Waals surface area contributed by atoms with Crippen molar-refractivity contribution in [2.45, 2.75) is 58.1 Å². The number of nitrogens with one attached hydrogen (secondary N) is 2. The fourth-order valence-corrected chi connectivity index (χ4v) is 2.29. The number of hydrogen-bond donors (Lipinski definition) is 2. The van der Waals surface area contributed by atoms with E-state index in [9.17, 15) is 9.59 Å². The Morgan fingerprint density at radius 3 is 2.55 bits per heavy atom. The van der Waals surface area contributed by atoms with Crippen molar-refractivity contribution in [3.8, 4) is 6.07 Å². The molecule has 112 valence electrons. The van der Waals surface area contributed by atoms with Crippen LogP contribution in [0.1, 0.15) is 46.0 Å². The molecule has 2 amide bonds. The van der Waals surface area contributed by atoms with Gasteiger partial charge in [-0.1, -0.05) is 13.8 Å². The molecule has 2 N–H and O–H groups in total. The Hall–Kier alpha value is -1.77. The lowest BCUT2D eigenvalue weighted by atomic mass is 10.0. The number of amides is 2. The Morgan fingerprint density at radius 1 is 1.35 bits per heavy atom. The van der Waals surface area contributed by atoms with Crippen LogP contribution in [0, 0.1) is 17.2 Å². The lowest BCUT2D eigenvalue weighted by Gasteiger charge is -2.20. The average Bonchev–Trinajstić information content (AvgIpc) is 2.87. The zero-order valence-electron chi connectivity index (χ0n) is 12.1. The summed E-state index contributed by atoms with van der Waals surface area (Å²) in [6, 6.07) is 1.19. The van der Waals surface area contributed by atoms with Gasteiger partial charge in [-0.25, -0.2) is 4.79 Å². The maximum absolute atomic E-state index is 11.9. The fourth-order valence-electron chi connectivity index (χ4n) is 2.29. The Kier molecular flexibility index (Phi) is 6.85. The number of hydrogen-bond acceptors (Lipinski definition) is 4. The van der Waals surface area contributed by atoms with Crippen LogP contribution in [-0.4, -0.2) is 30.7 Å². The molecular weight excluding hydrogens is 258 g/mol. The fraction of sp³-hybridized carbons (Fsp3) is 0.786. The molecule has 0 spiro atoms. The molecule has 0 radical (unpaired) electrons. The first kappa shape index (κ1) is 16.3. The van der Waals surface area contributed by atoms with E-state index in [0.717, 1.165) is 25.7 Å². The predicted molar refractivity (Wildman–Crippen MR) is 73.7 cm³/mol. The van der Waals surface area contributed by atoms with Gasteiger partial charge in [0.2, 0.25) is 5.91 Å². The zero-order valence-corrected chi connectivity index (χ0v) is 12.1. The molecule has 1 atom stereocenters.